The van der Waals surface area contributed by atoms with Gasteiger partial charge in [-0.25, -0.2) is 4.79 Å². The first kappa shape index (κ1) is 24.9. The van der Waals surface area contributed by atoms with Crippen molar-refractivity contribution in [2.24, 2.45) is 0 Å². The Labute approximate surface area is 207 Å². The highest BCUT2D eigenvalue weighted by molar-refractivity contribution is 7.98. The Morgan fingerprint density at radius 2 is 2.00 bits per heavy atom. The van der Waals surface area contributed by atoms with Crippen LogP contribution in [0.25, 0.3) is 11.3 Å². The van der Waals surface area contributed by atoms with Crippen LogP contribution in [-0.2, 0) is 16.9 Å². The van der Waals surface area contributed by atoms with E-state index in [2.05, 4.69) is 35.3 Å². The van der Waals surface area contributed by atoms with Gasteiger partial charge in [-0.15, -0.1) is 0 Å². The third-order valence-electron chi connectivity index (χ3n) is 6.40. The van der Waals surface area contributed by atoms with Crippen LogP contribution in [0, 0.1) is 0 Å². The number of rotatable bonds is 6. The molecule has 0 aliphatic carbocycles. The molecule has 0 atom stereocenters. The van der Waals surface area contributed by atoms with Gasteiger partial charge in [0.2, 0.25) is 0 Å². The smallest absolute Gasteiger partial charge is 0.410 e. The number of hydrogen-bond donors (Lipinski definition) is 1. The number of piperidine rings is 1. The van der Waals surface area contributed by atoms with Gasteiger partial charge in [0.15, 0.2) is 0 Å². The van der Waals surface area contributed by atoms with Crippen molar-refractivity contribution < 1.29 is 19.4 Å². The molecule has 7 heteroatoms. The Kier molecular flexibility index (Phi) is 7.73. The van der Waals surface area contributed by atoms with E-state index in [1.54, 1.807) is 4.90 Å². The van der Waals surface area contributed by atoms with Crippen molar-refractivity contribution in [3.8, 4) is 17.0 Å². The first-order valence-electron chi connectivity index (χ1n) is 12.2. The number of aliphatic hydroxyl groups excluding tert-OH is 1. The third kappa shape index (κ3) is 6.25. The summed E-state index contributed by atoms with van der Waals surface area (Å²) >= 11 is 1.82. The Bertz CT molecular complexity index is 979. The minimum atomic E-state index is -0.474. The molecule has 184 valence electrons. The average Bonchev–Trinajstić information content (AvgIpc) is 2.81. The number of ether oxygens (including phenoxy) is 2. The lowest BCUT2D eigenvalue weighted by atomic mass is 9.83. The van der Waals surface area contributed by atoms with Crippen LogP contribution in [0.2, 0.25) is 0 Å². The molecular formula is C27H36N2O4S. The molecule has 1 aromatic heterocycles. The number of aliphatic hydroxyl groups is 1. The second kappa shape index (κ2) is 10.6. The molecular weight excluding hydrogens is 448 g/mol. The highest BCUT2D eigenvalue weighted by atomic mass is 32.2. The van der Waals surface area contributed by atoms with Gasteiger partial charge >= 0.3 is 6.09 Å². The number of pyridine rings is 1. The summed E-state index contributed by atoms with van der Waals surface area (Å²) in [4.78, 5) is 18.9. The van der Waals surface area contributed by atoms with Gasteiger partial charge in [0.1, 0.15) is 17.0 Å². The summed E-state index contributed by atoms with van der Waals surface area (Å²) in [5.41, 5.74) is 3.84. The summed E-state index contributed by atoms with van der Waals surface area (Å²) in [5, 5.41) is 8.89. The molecule has 1 spiro atoms. The van der Waals surface area contributed by atoms with Gasteiger partial charge in [-0.3, -0.25) is 4.98 Å². The molecule has 0 saturated carbocycles. The number of amides is 1. The number of aromatic nitrogens is 1. The Hall–Kier alpha value is -2.25. The molecule has 6 nitrogen and oxygen atoms in total. The van der Waals surface area contributed by atoms with Crippen LogP contribution < -0.4 is 4.74 Å². The van der Waals surface area contributed by atoms with E-state index in [4.69, 9.17) is 14.6 Å². The van der Waals surface area contributed by atoms with E-state index in [0.717, 1.165) is 60.6 Å². The van der Waals surface area contributed by atoms with Crippen molar-refractivity contribution in [1.29, 1.82) is 0 Å². The molecule has 0 unspecified atom stereocenters. The van der Waals surface area contributed by atoms with Gasteiger partial charge in [0, 0.05) is 50.1 Å². The van der Waals surface area contributed by atoms with Crippen molar-refractivity contribution in [3.63, 3.8) is 0 Å². The predicted octanol–water partition coefficient (Wildman–Crippen LogP) is 5.46. The number of hydrogen-bond acceptors (Lipinski definition) is 6. The molecule has 1 saturated heterocycles. The molecule has 34 heavy (non-hydrogen) atoms. The Morgan fingerprint density at radius 1 is 1.21 bits per heavy atom. The molecule has 2 aliphatic heterocycles. The number of fused-ring (bicyclic) bond motifs is 1. The van der Waals surface area contributed by atoms with Crippen molar-refractivity contribution in [2.45, 2.75) is 69.8 Å². The molecule has 3 heterocycles. The SMILES string of the molecule is CC(C)(C)OC(=O)N1CCC2(CCc3cc(-c4ccc(CSCCCO)cn4)ccc3O2)CC1. The quantitative estimate of drug-likeness (QED) is 0.549. The fourth-order valence-corrected chi connectivity index (χ4v) is 5.38. The second-order valence-electron chi connectivity index (χ2n) is 10.3. The number of benzene rings is 1. The lowest BCUT2D eigenvalue weighted by Crippen LogP contribution is -2.52. The lowest BCUT2D eigenvalue weighted by molar-refractivity contribution is -0.0272. The van der Waals surface area contributed by atoms with Crippen molar-refractivity contribution in [1.82, 2.24) is 9.88 Å². The Balaban J connectivity index is 1.35. The van der Waals surface area contributed by atoms with Crippen LogP contribution in [0.4, 0.5) is 4.79 Å². The van der Waals surface area contributed by atoms with E-state index in [9.17, 15) is 4.79 Å². The first-order valence-corrected chi connectivity index (χ1v) is 13.4. The van der Waals surface area contributed by atoms with Gasteiger partial charge in [-0.05, 0) is 81.2 Å². The molecule has 1 aromatic carbocycles. The zero-order valence-electron chi connectivity index (χ0n) is 20.5. The first-order chi connectivity index (χ1) is 16.3. The molecule has 2 aromatic rings. The van der Waals surface area contributed by atoms with Gasteiger partial charge in [-0.2, -0.15) is 11.8 Å². The van der Waals surface area contributed by atoms with Gasteiger partial charge in [-0.1, -0.05) is 6.07 Å². The van der Waals surface area contributed by atoms with E-state index in [1.165, 1.54) is 11.1 Å². The maximum Gasteiger partial charge on any atom is 0.410 e. The van der Waals surface area contributed by atoms with Gasteiger partial charge < -0.3 is 19.5 Å². The van der Waals surface area contributed by atoms with Crippen LogP contribution in [0.5, 0.6) is 5.75 Å². The summed E-state index contributed by atoms with van der Waals surface area (Å²) in [6.45, 7) is 7.27. The summed E-state index contributed by atoms with van der Waals surface area (Å²) < 4.78 is 12.1. The van der Waals surface area contributed by atoms with E-state index < -0.39 is 5.60 Å². The second-order valence-corrected chi connectivity index (χ2v) is 11.4. The summed E-state index contributed by atoms with van der Waals surface area (Å²) in [6.07, 6.45) is 6.13. The maximum atomic E-state index is 12.4. The fourth-order valence-electron chi connectivity index (χ4n) is 4.49. The highest BCUT2D eigenvalue weighted by Crippen LogP contribution is 2.40. The maximum absolute atomic E-state index is 12.4. The van der Waals surface area contributed by atoms with Crippen molar-refractivity contribution in [2.75, 3.05) is 25.4 Å². The Morgan fingerprint density at radius 3 is 2.68 bits per heavy atom. The number of carbonyl (C=O) groups excluding carboxylic acids is 1. The largest absolute Gasteiger partial charge is 0.487 e. The lowest BCUT2D eigenvalue weighted by Gasteiger charge is -2.44. The summed E-state index contributed by atoms with van der Waals surface area (Å²) in [5.74, 6) is 2.83. The van der Waals surface area contributed by atoms with Crippen molar-refractivity contribution in [3.05, 3.63) is 47.7 Å². The van der Waals surface area contributed by atoms with E-state index in [-0.39, 0.29) is 18.3 Å². The van der Waals surface area contributed by atoms with Gasteiger partial charge in [0.05, 0.1) is 5.69 Å². The zero-order chi connectivity index (χ0) is 24.2. The molecule has 2 aliphatic rings. The third-order valence-corrected chi connectivity index (χ3v) is 7.51. The number of carbonyl (C=O) groups is 1. The predicted molar refractivity (Wildman–Crippen MR) is 136 cm³/mol. The monoisotopic (exact) mass is 484 g/mol. The molecule has 4 rings (SSSR count). The molecule has 1 amide bonds. The molecule has 1 fully saturated rings. The standard InChI is InChI=1S/C27H36N2O4S/c1-26(2,3)33-25(31)29-13-11-27(12-14-29)10-9-22-17-21(6-8-24(22)32-27)23-7-5-20(18-28-23)19-34-16-4-15-30/h5-8,17-18,30H,4,9-16,19H2,1-3H3. The van der Waals surface area contributed by atoms with Crippen LogP contribution in [0.15, 0.2) is 36.5 Å². The van der Waals surface area contributed by atoms with Crippen LogP contribution in [0.1, 0.15) is 57.6 Å². The van der Waals surface area contributed by atoms with Crippen LogP contribution in [-0.4, -0.2) is 57.7 Å². The fraction of sp³-hybridized carbons (Fsp3) is 0.556. The normalized spacial score (nSPS) is 17.2. The minimum Gasteiger partial charge on any atom is -0.487 e. The van der Waals surface area contributed by atoms with E-state index in [1.807, 2.05) is 38.7 Å². The van der Waals surface area contributed by atoms with Crippen molar-refractivity contribution >= 4 is 17.9 Å². The average molecular weight is 485 g/mol. The zero-order valence-corrected chi connectivity index (χ0v) is 21.3. The number of nitrogens with zero attached hydrogens (tertiary/aromatic N) is 2. The number of thioether (sulfide) groups is 1. The molecule has 0 bridgehead atoms. The number of aryl methyl sites for hydroxylation is 1. The topological polar surface area (TPSA) is 71.9 Å². The van der Waals surface area contributed by atoms with Crippen LogP contribution in [0.3, 0.4) is 0 Å². The summed E-state index contributed by atoms with van der Waals surface area (Å²) in [7, 11) is 0. The van der Waals surface area contributed by atoms with Gasteiger partial charge in [0.25, 0.3) is 0 Å². The van der Waals surface area contributed by atoms with E-state index >= 15 is 0 Å². The number of likely N-dealkylation sites (tertiary alicyclic amines) is 1. The molecule has 0 radical (unpaired) electrons. The van der Waals surface area contributed by atoms with E-state index in [0.29, 0.717) is 13.1 Å². The minimum absolute atomic E-state index is 0.194. The summed E-state index contributed by atoms with van der Waals surface area (Å²) in [6, 6.07) is 10.6. The highest BCUT2D eigenvalue weighted by Gasteiger charge is 2.41. The molecule has 1 N–H and O–H groups in total. The van der Waals surface area contributed by atoms with Crippen LogP contribution >= 0.6 is 11.8 Å².